The first-order valence-electron chi connectivity index (χ1n) is 7.86. The van der Waals surface area contributed by atoms with Gasteiger partial charge in [-0.3, -0.25) is 14.6 Å². The minimum atomic E-state index is -4.36. The van der Waals surface area contributed by atoms with Crippen molar-refractivity contribution >= 4 is 28.3 Å². The Morgan fingerprint density at radius 2 is 2.04 bits per heavy atom. The molecule has 1 fully saturated rings. The van der Waals surface area contributed by atoms with E-state index in [9.17, 15) is 22.8 Å². The van der Waals surface area contributed by atoms with Crippen LogP contribution in [0, 0.1) is 5.92 Å². The van der Waals surface area contributed by atoms with Gasteiger partial charge in [0.1, 0.15) is 0 Å². The predicted octanol–water partition coefficient (Wildman–Crippen LogP) is 2.97. The predicted molar refractivity (Wildman–Crippen MR) is 85.7 cm³/mol. The second kappa shape index (κ2) is 6.70. The van der Waals surface area contributed by atoms with E-state index in [1.807, 2.05) is 0 Å². The number of rotatable bonds is 1. The standard InChI is InChI=1S/C17H16F3N3O2/c18-17(19,20)12-4-2-8-23(10-12)16(25)15(24)22-14-5-1-3-11-9-21-7-6-13(11)14/h1,3,5-7,9,12H,2,4,8,10H2,(H,22,24). The minimum Gasteiger partial charge on any atom is -0.334 e. The fourth-order valence-electron chi connectivity index (χ4n) is 2.98. The Bertz CT molecular complexity index is 802. The number of pyridine rings is 1. The van der Waals surface area contributed by atoms with E-state index >= 15 is 0 Å². The van der Waals surface area contributed by atoms with Crippen LogP contribution in [0.1, 0.15) is 12.8 Å². The van der Waals surface area contributed by atoms with Crippen LogP contribution in [0.5, 0.6) is 0 Å². The van der Waals surface area contributed by atoms with Crippen LogP contribution in [-0.4, -0.2) is 41.0 Å². The molecule has 132 valence electrons. The van der Waals surface area contributed by atoms with Gasteiger partial charge in [-0.1, -0.05) is 12.1 Å². The Morgan fingerprint density at radius 1 is 1.24 bits per heavy atom. The molecule has 1 aliphatic heterocycles. The van der Waals surface area contributed by atoms with Gasteiger partial charge in [-0.15, -0.1) is 0 Å². The van der Waals surface area contributed by atoms with Crippen LogP contribution in [-0.2, 0) is 9.59 Å². The van der Waals surface area contributed by atoms with Crippen molar-refractivity contribution in [3.63, 3.8) is 0 Å². The minimum absolute atomic E-state index is 0.0226. The molecule has 1 aliphatic rings. The number of benzene rings is 1. The highest BCUT2D eigenvalue weighted by Crippen LogP contribution is 2.33. The molecule has 1 aromatic heterocycles. The number of halogens is 3. The summed E-state index contributed by atoms with van der Waals surface area (Å²) in [6.45, 7) is -0.326. The third-order valence-electron chi connectivity index (χ3n) is 4.29. The summed E-state index contributed by atoms with van der Waals surface area (Å²) in [5.74, 6) is -3.46. The molecule has 0 saturated carbocycles. The second-order valence-electron chi connectivity index (χ2n) is 5.99. The Labute approximate surface area is 141 Å². The molecular weight excluding hydrogens is 335 g/mol. The summed E-state index contributed by atoms with van der Waals surface area (Å²) in [5, 5.41) is 3.98. The maximum atomic E-state index is 12.9. The number of carbonyl (C=O) groups excluding carboxylic acids is 2. The number of amides is 2. The monoisotopic (exact) mass is 351 g/mol. The van der Waals surface area contributed by atoms with E-state index in [1.165, 1.54) is 0 Å². The first-order chi connectivity index (χ1) is 11.9. The smallest absolute Gasteiger partial charge is 0.334 e. The Kier molecular flexibility index (Phi) is 4.61. The summed E-state index contributed by atoms with van der Waals surface area (Å²) in [6, 6.07) is 6.82. The average Bonchev–Trinajstić information content (AvgIpc) is 2.61. The van der Waals surface area contributed by atoms with Gasteiger partial charge in [0.15, 0.2) is 0 Å². The molecule has 1 N–H and O–H groups in total. The topological polar surface area (TPSA) is 62.3 Å². The molecule has 1 saturated heterocycles. The highest BCUT2D eigenvalue weighted by atomic mass is 19.4. The van der Waals surface area contributed by atoms with E-state index < -0.39 is 30.5 Å². The van der Waals surface area contributed by atoms with Crippen molar-refractivity contribution in [3.8, 4) is 0 Å². The van der Waals surface area contributed by atoms with Gasteiger partial charge in [0.2, 0.25) is 0 Å². The molecule has 2 aromatic rings. The molecule has 3 rings (SSSR count). The van der Waals surface area contributed by atoms with E-state index in [-0.39, 0.29) is 19.4 Å². The number of carbonyl (C=O) groups is 2. The van der Waals surface area contributed by atoms with Gasteiger partial charge in [0, 0.05) is 41.9 Å². The van der Waals surface area contributed by atoms with Crippen LogP contribution < -0.4 is 5.32 Å². The largest absolute Gasteiger partial charge is 0.393 e. The lowest BCUT2D eigenvalue weighted by Crippen LogP contribution is -2.48. The molecule has 1 atom stereocenters. The number of piperidine rings is 1. The molecule has 8 heteroatoms. The number of nitrogens with one attached hydrogen (secondary N) is 1. The van der Waals surface area contributed by atoms with Crippen LogP contribution in [0.25, 0.3) is 10.8 Å². The third-order valence-corrected chi connectivity index (χ3v) is 4.29. The molecule has 25 heavy (non-hydrogen) atoms. The van der Waals surface area contributed by atoms with Crippen LogP contribution in [0.4, 0.5) is 18.9 Å². The molecule has 1 unspecified atom stereocenters. The summed E-state index contributed by atoms with van der Waals surface area (Å²) < 4.78 is 38.6. The van der Waals surface area contributed by atoms with Gasteiger partial charge >= 0.3 is 18.0 Å². The number of fused-ring (bicyclic) bond motifs is 1. The van der Waals surface area contributed by atoms with Crippen molar-refractivity contribution in [2.75, 3.05) is 18.4 Å². The molecule has 1 aromatic carbocycles. The summed E-state index contributed by atoms with van der Waals surface area (Å²) in [7, 11) is 0. The van der Waals surface area contributed by atoms with E-state index in [0.717, 1.165) is 10.3 Å². The number of anilines is 1. The zero-order valence-corrected chi connectivity index (χ0v) is 13.2. The molecule has 0 radical (unpaired) electrons. The highest BCUT2D eigenvalue weighted by Gasteiger charge is 2.43. The number of aromatic nitrogens is 1. The lowest BCUT2D eigenvalue weighted by atomic mass is 9.97. The Balaban J connectivity index is 1.73. The van der Waals surface area contributed by atoms with Gasteiger partial charge in [-0.05, 0) is 25.0 Å². The van der Waals surface area contributed by atoms with Gasteiger partial charge in [0.25, 0.3) is 0 Å². The van der Waals surface area contributed by atoms with Gasteiger partial charge in [-0.2, -0.15) is 13.2 Å². The van der Waals surface area contributed by atoms with E-state index in [0.29, 0.717) is 11.1 Å². The van der Waals surface area contributed by atoms with Crippen LogP contribution in [0.2, 0.25) is 0 Å². The molecule has 2 amide bonds. The highest BCUT2D eigenvalue weighted by molar-refractivity contribution is 6.40. The van der Waals surface area contributed by atoms with Crippen molar-refractivity contribution < 1.29 is 22.8 Å². The van der Waals surface area contributed by atoms with E-state index in [4.69, 9.17) is 0 Å². The quantitative estimate of drug-likeness (QED) is 0.804. The number of alkyl halides is 3. The van der Waals surface area contributed by atoms with Crippen molar-refractivity contribution in [1.29, 1.82) is 0 Å². The number of hydrogen-bond donors (Lipinski definition) is 1. The number of hydrogen-bond acceptors (Lipinski definition) is 3. The molecule has 5 nitrogen and oxygen atoms in total. The lowest BCUT2D eigenvalue weighted by molar-refractivity contribution is -0.188. The third kappa shape index (κ3) is 3.72. The summed E-state index contributed by atoms with van der Waals surface area (Å²) in [6.07, 6.45) is -0.990. The van der Waals surface area contributed by atoms with Crippen molar-refractivity contribution in [2.24, 2.45) is 5.92 Å². The van der Waals surface area contributed by atoms with Crippen molar-refractivity contribution in [2.45, 2.75) is 19.0 Å². The normalized spacial score (nSPS) is 18.2. The van der Waals surface area contributed by atoms with Crippen LogP contribution in [0.15, 0.2) is 36.7 Å². The zero-order valence-electron chi connectivity index (χ0n) is 13.2. The maximum Gasteiger partial charge on any atom is 0.393 e. The molecule has 0 bridgehead atoms. The summed E-state index contributed by atoms with van der Waals surface area (Å²) in [4.78, 5) is 29.4. The number of nitrogens with zero attached hydrogens (tertiary/aromatic N) is 2. The Morgan fingerprint density at radius 3 is 2.80 bits per heavy atom. The molecule has 2 heterocycles. The summed E-state index contributed by atoms with van der Waals surface area (Å²) >= 11 is 0. The average molecular weight is 351 g/mol. The first kappa shape index (κ1) is 17.2. The van der Waals surface area contributed by atoms with Crippen LogP contribution >= 0.6 is 0 Å². The fraction of sp³-hybridized carbons (Fsp3) is 0.353. The SMILES string of the molecule is O=C(Nc1cccc2cnccc12)C(=O)N1CCCC(C(F)(F)F)C1. The van der Waals surface area contributed by atoms with Gasteiger partial charge in [-0.25, -0.2) is 0 Å². The first-order valence-corrected chi connectivity index (χ1v) is 7.86. The Hall–Kier alpha value is -2.64. The van der Waals surface area contributed by atoms with E-state index in [2.05, 4.69) is 10.3 Å². The van der Waals surface area contributed by atoms with Gasteiger partial charge in [0.05, 0.1) is 5.92 Å². The maximum absolute atomic E-state index is 12.9. The number of likely N-dealkylation sites (tertiary alicyclic amines) is 1. The second-order valence-corrected chi connectivity index (χ2v) is 5.99. The van der Waals surface area contributed by atoms with E-state index in [1.54, 1.807) is 36.7 Å². The molecule has 0 aliphatic carbocycles. The van der Waals surface area contributed by atoms with Crippen molar-refractivity contribution in [3.05, 3.63) is 36.7 Å². The molecule has 0 spiro atoms. The van der Waals surface area contributed by atoms with Crippen LogP contribution in [0.3, 0.4) is 0 Å². The fourth-order valence-corrected chi connectivity index (χ4v) is 2.98. The summed E-state index contributed by atoms with van der Waals surface area (Å²) in [5.41, 5.74) is 0.419. The van der Waals surface area contributed by atoms with Gasteiger partial charge < -0.3 is 10.2 Å². The zero-order chi connectivity index (χ0) is 18.0. The molecular formula is C17H16F3N3O2. The van der Waals surface area contributed by atoms with Crippen molar-refractivity contribution in [1.82, 2.24) is 9.88 Å². The lowest BCUT2D eigenvalue weighted by Gasteiger charge is -2.33.